The van der Waals surface area contributed by atoms with Gasteiger partial charge in [-0.05, 0) is 6.92 Å². The van der Waals surface area contributed by atoms with Crippen LogP contribution in [0.5, 0.6) is 0 Å². The predicted molar refractivity (Wildman–Crippen MR) is 67.9 cm³/mol. The van der Waals surface area contributed by atoms with Crippen molar-refractivity contribution in [2.75, 3.05) is 11.5 Å². The normalized spacial score (nSPS) is 26.6. The number of hydrogen-bond acceptors (Lipinski definition) is 7. The van der Waals surface area contributed by atoms with Crippen LogP contribution in [0.3, 0.4) is 0 Å². The number of hydrogen-bond donors (Lipinski definition) is 2. The Morgan fingerprint density at radius 1 is 1.50 bits per heavy atom. The average Bonchev–Trinajstić information content (AvgIpc) is 2.79. The van der Waals surface area contributed by atoms with E-state index in [0.717, 1.165) is 0 Å². The third-order valence-electron chi connectivity index (χ3n) is 2.82. The van der Waals surface area contributed by atoms with Gasteiger partial charge in [0.15, 0.2) is 15.0 Å². The molecule has 2 rings (SSSR count). The van der Waals surface area contributed by atoms with Gasteiger partial charge < -0.3 is 15.4 Å². The molecule has 9 heteroatoms. The first-order valence-electron chi connectivity index (χ1n) is 5.64. The van der Waals surface area contributed by atoms with Crippen LogP contribution in [0, 0.1) is 0 Å². The third kappa shape index (κ3) is 2.68. The molecular formula is C9H16N4O3S2. The minimum Gasteiger partial charge on any atom is -0.391 e. The second kappa shape index (κ2) is 5.16. The Balaban J connectivity index is 2.17. The van der Waals surface area contributed by atoms with Crippen molar-refractivity contribution in [1.82, 2.24) is 14.8 Å². The highest BCUT2D eigenvalue weighted by atomic mass is 32.2. The van der Waals surface area contributed by atoms with E-state index >= 15 is 0 Å². The first kappa shape index (κ1) is 13.8. The monoisotopic (exact) mass is 292 g/mol. The van der Waals surface area contributed by atoms with Crippen molar-refractivity contribution in [3.8, 4) is 0 Å². The van der Waals surface area contributed by atoms with Crippen molar-refractivity contribution < 1.29 is 13.5 Å². The lowest BCUT2D eigenvalue weighted by molar-refractivity contribution is 0.207. The molecule has 102 valence electrons. The molecule has 0 radical (unpaired) electrons. The zero-order chi connectivity index (χ0) is 13.3. The van der Waals surface area contributed by atoms with Crippen LogP contribution in [0.2, 0.25) is 0 Å². The van der Waals surface area contributed by atoms with Gasteiger partial charge in [-0.1, -0.05) is 11.8 Å². The maximum atomic E-state index is 11.4. The van der Waals surface area contributed by atoms with Crippen LogP contribution in [0.1, 0.15) is 12.7 Å². The summed E-state index contributed by atoms with van der Waals surface area (Å²) in [5.41, 5.74) is 5.54. The molecule has 3 N–H and O–H groups in total. The van der Waals surface area contributed by atoms with E-state index in [4.69, 9.17) is 5.73 Å². The number of aliphatic hydroxyl groups excluding tert-OH is 1. The maximum absolute atomic E-state index is 11.4. The third-order valence-corrected chi connectivity index (χ3v) is 6.04. The standard InChI is InChI=1S/C9H16N4O3S2/c1-2-13-8(3-10)11-12-9(13)17-7-5-18(15,16)4-6(7)14/h6-7,14H,2-5,10H2,1H3. The Kier molecular flexibility index (Phi) is 3.95. The van der Waals surface area contributed by atoms with Gasteiger partial charge in [-0.3, -0.25) is 0 Å². The summed E-state index contributed by atoms with van der Waals surface area (Å²) in [6.07, 6.45) is -0.844. The van der Waals surface area contributed by atoms with E-state index in [1.54, 1.807) is 0 Å². The second-order valence-electron chi connectivity index (χ2n) is 4.15. The highest BCUT2D eigenvalue weighted by molar-refractivity contribution is 8.01. The fourth-order valence-electron chi connectivity index (χ4n) is 1.92. The van der Waals surface area contributed by atoms with E-state index in [-0.39, 0.29) is 23.3 Å². The van der Waals surface area contributed by atoms with Crippen molar-refractivity contribution in [3.05, 3.63) is 5.82 Å². The summed E-state index contributed by atoms with van der Waals surface area (Å²) >= 11 is 1.25. The Morgan fingerprint density at radius 2 is 2.22 bits per heavy atom. The smallest absolute Gasteiger partial charge is 0.191 e. The quantitative estimate of drug-likeness (QED) is 0.732. The number of thioether (sulfide) groups is 1. The summed E-state index contributed by atoms with van der Waals surface area (Å²) < 4.78 is 24.7. The first-order chi connectivity index (χ1) is 8.46. The molecule has 1 fully saturated rings. The van der Waals surface area contributed by atoms with E-state index < -0.39 is 15.9 Å². The first-order valence-corrected chi connectivity index (χ1v) is 8.34. The van der Waals surface area contributed by atoms with Crippen LogP contribution in [0.25, 0.3) is 0 Å². The van der Waals surface area contributed by atoms with Gasteiger partial charge in [-0.25, -0.2) is 8.42 Å². The fraction of sp³-hybridized carbons (Fsp3) is 0.778. The van der Waals surface area contributed by atoms with Gasteiger partial charge in [-0.15, -0.1) is 10.2 Å². The Hall–Kier alpha value is -0.640. The Morgan fingerprint density at radius 3 is 2.72 bits per heavy atom. The Labute approximate surface area is 110 Å². The van der Waals surface area contributed by atoms with Gasteiger partial charge in [0, 0.05) is 6.54 Å². The second-order valence-corrected chi connectivity index (χ2v) is 7.51. The summed E-state index contributed by atoms with van der Waals surface area (Å²) in [6.45, 7) is 2.89. The molecule has 0 aliphatic carbocycles. The number of aliphatic hydroxyl groups is 1. The van der Waals surface area contributed by atoms with Crippen molar-refractivity contribution in [3.63, 3.8) is 0 Å². The van der Waals surface area contributed by atoms with Crippen LogP contribution in [0.15, 0.2) is 5.16 Å². The van der Waals surface area contributed by atoms with Crippen LogP contribution >= 0.6 is 11.8 Å². The largest absolute Gasteiger partial charge is 0.391 e. The van der Waals surface area contributed by atoms with Crippen LogP contribution in [-0.4, -0.2) is 51.1 Å². The van der Waals surface area contributed by atoms with Gasteiger partial charge in [-0.2, -0.15) is 0 Å². The van der Waals surface area contributed by atoms with Crippen LogP contribution in [-0.2, 0) is 22.9 Å². The number of nitrogens with two attached hydrogens (primary N) is 1. The van der Waals surface area contributed by atoms with Crippen LogP contribution in [0.4, 0.5) is 0 Å². The minimum atomic E-state index is -3.14. The molecule has 0 saturated carbocycles. The van der Waals surface area contributed by atoms with Gasteiger partial charge in [0.2, 0.25) is 0 Å². The predicted octanol–water partition coefficient (Wildman–Crippen LogP) is -0.993. The van der Waals surface area contributed by atoms with Crippen molar-refractivity contribution >= 4 is 21.6 Å². The lowest BCUT2D eigenvalue weighted by atomic mass is 10.3. The van der Waals surface area contributed by atoms with Gasteiger partial charge in [0.05, 0.1) is 29.4 Å². The maximum Gasteiger partial charge on any atom is 0.191 e. The lowest BCUT2D eigenvalue weighted by Gasteiger charge is -2.12. The van der Waals surface area contributed by atoms with Gasteiger partial charge in [0.1, 0.15) is 5.82 Å². The van der Waals surface area contributed by atoms with Gasteiger partial charge in [0.25, 0.3) is 0 Å². The zero-order valence-electron chi connectivity index (χ0n) is 9.98. The highest BCUT2D eigenvalue weighted by Crippen LogP contribution is 2.30. The molecule has 0 spiro atoms. The molecule has 1 aliphatic rings. The molecule has 0 amide bonds. The van der Waals surface area contributed by atoms with E-state index in [0.29, 0.717) is 17.5 Å². The summed E-state index contributed by atoms with van der Waals surface area (Å²) in [5, 5.41) is 17.9. The topological polar surface area (TPSA) is 111 Å². The minimum absolute atomic E-state index is 0.0205. The molecular weight excluding hydrogens is 276 g/mol. The zero-order valence-corrected chi connectivity index (χ0v) is 11.6. The Bertz CT molecular complexity index is 528. The van der Waals surface area contributed by atoms with Crippen molar-refractivity contribution in [1.29, 1.82) is 0 Å². The summed E-state index contributed by atoms with van der Waals surface area (Å²) in [5.74, 6) is 0.470. The molecule has 0 bridgehead atoms. The molecule has 18 heavy (non-hydrogen) atoms. The molecule has 2 heterocycles. The van der Waals surface area contributed by atoms with Crippen molar-refractivity contribution in [2.45, 2.75) is 36.5 Å². The van der Waals surface area contributed by atoms with E-state index in [1.165, 1.54) is 11.8 Å². The summed E-state index contributed by atoms with van der Waals surface area (Å²) in [7, 11) is -3.14. The van der Waals surface area contributed by atoms with E-state index in [9.17, 15) is 13.5 Å². The van der Waals surface area contributed by atoms with Crippen LogP contribution < -0.4 is 5.73 Å². The lowest BCUT2D eigenvalue weighted by Crippen LogP contribution is -2.21. The molecule has 1 aromatic rings. The van der Waals surface area contributed by atoms with E-state index in [1.807, 2.05) is 11.5 Å². The average molecular weight is 292 g/mol. The van der Waals surface area contributed by atoms with Crippen molar-refractivity contribution in [2.24, 2.45) is 5.73 Å². The molecule has 1 aliphatic heterocycles. The molecule has 0 aromatic carbocycles. The SMILES string of the molecule is CCn1c(CN)nnc1SC1CS(=O)(=O)CC1O. The van der Waals surface area contributed by atoms with Gasteiger partial charge >= 0.3 is 0 Å². The number of aromatic nitrogens is 3. The number of rotatable bonds is 4. The molecule has 2 atom stereocenters. The summed E-state index contributed by atoms with van der Waals surface area (Å²) in [6, 6.07) is 0. The molecule has 1 saturated heterocycles. The number of sulfone groups is 1. The molecule has 2 unspecified atom stereocenters. The molecule has 7 nitrogen and oxygen atoms in total. The highest BCUT2D eigenvalue weighted by Gasteiger charge is 2.38. The molecule has 1 aromatic heterocycles. The fourth-order valence-corrected chi connectivity index (χ4v) is 5.52. The summed E-state index contributed by atoms with van der Waals surface area (Å²) in [4.78, 5) is 0. The number of nitrogens with zero attached hydrogens (tertiary/aromatic N) is 3. The van der Waals surface area contributed by atoms with E-state index in [2.05, 4.69) is 10.2 Å².